The number of nitrogens with two attached hydrogens (primary N) is 1. The predicted octanol–water partition coefficient (Wildman–Crippen LogP) is -1.49. The van der Waals surface area contributed by atoms with Crippen molar-refractivity contribution in [1.82, 2.24) is 36.8 Å². The van der Waals surface area contributed by atoms with Gasteiger partial charge in [-0.1, -0.05) is 0 Å². The number of rotatable bonds is 39. The zero-order valence-electron chi connectivity index (χ0n) is 35.9. The number of ether oxygens (including phenoxy) is 4. The molecule has 1 aliphatic rings. The summed E-state index contributed by atoms with van der Waals surface area (Å²) in [5.41, 5.74) is 6.03. The van der Waals surface area contributed by atoms with Crippen LogP contribution >= 0.6 is 11.8 Å². The van der Waals surface area contributed by atoms with Gasteiger partial charge in [0.1, 0.15) is 6.04 Å². The molecule has 348 valence electrons. The Morgan fingerprint density at radius 1 is 0.672 bits per heavy atom. The average Bonchev–Trinajstić information content (AvgIpc) is 3.49. The molecule has 1 rings (SSSR count). The highest BCUT2D eigenvalue weighted by molar-refractivity contribution is 8.00. The van der Waals surface area contributed by atoms with Crippen LogP contribution in [0.2, 0.25) is 0 Å². The number of carbonyl (C=O) groups excluding carboxylic acids is 8. The summed E-state index contributed by atoms with van der Waals surface area (Å²) in [7, 11) is 1.84. The first kappa shape index (κ1) is 54.8. The van der Waals surface area contributed by atoms with Crippen LogP contribution in [0.3, 0.4) is 0 Å². The summed E-state index contributed by atoms with van der Waals surface area (Å²) in [4.78, 5) is 98.6. The smallest absolute Gasteiger partial charge is 0.242 e. The van der Waals surface area contributed by atoms with Crippen LogP contribution in [0.25, 0.3) is 0 Å². The molecule has 22 heteroatoms. The zero-order chi connectivity index (χ0) is 45.1. The number of amides is 8. The lowest BCUT2D eigenvalue weighted by Crippen LogP contribution is -2.44. The molecule has 0 aromatic carbocycles. The number of carbonyl (C=O) groups is 8. The van der Waals surface area contributed by atoms with E-state index < -0.39 is 23.1 Å². The van der Waals surface area contributed by atoms with E-state index in [1.54, 1.807) is 6.92 Å². The number of nitrogens with one attached hydrogen (secondary N) is 7. The van der Waals surface area contributed by atoms with Gasteiger partial charge in [-0.05, 0) is 51.8 Å². The van der Waals surface area contributed by atoms with Crippen LogP contribution in [-0.2, 0) is 57.3 Å². The highest BCUT2D eigenvalue weighted by Gasteiger charge is 2.38. The minimum absolute atomic E-state index is 0.00229. The lowest BCUT2D eigenvalue weighted by molar-refractivity contribution is -0.138. The molecule has 0 bridgehead atoms. The van der Waals surface area contributed by atoms with Gasteiger partial charge in [0.25, 0.3) is 0 Å². The van der Waals surface area contributed by atoms with Crippen molar-refractivity contribution >= 4 is 64.7 Å². The number of thioether (sulfide) groups is 1. The molecule has 1 unspecified atom stereocenters. The Morgan fingerprint density at radius 2 is 1.15 bits per heavy atom. The van der Waals surface area contributed by atoms with Crippen molar-refractivity contribution in [3.8, 4) is 0 Å². The van der Waals surface area contributed by atoms with Crippen molar-refractivity contribution in [3.63, 3.8) is 0 Å². The maximum atomic E-state index is 12.6. The number of unbranched alkanes of at least 4 members (excludes halogenated alkanes) is 1. The molecule has 9 N–H and O–H groups in total. The SMILES string of the molecule is CNCCOCCOCCNC(=O)CCC(=O)NCCOCCOCCNC(=O)CCC(=O)N[C@@H](CCCCNC(=O)CCN1C(=O)CC(SCCCC(C)=N)C1=O)C(N)=O. The van der Waals surface area contributed by atoms with Gasteiger partial charge in [0.15, 0.2) is 0 Å². The zero-order valence-corrected chi connectivity index (χ0v) is 36.7. The fourth-order valence-corrected chi connectivity index (χ4v) is 6.59. The van der Waals surface area contributed by atoms with Crippen molar-refractivity contribution in [2.45, 2.75) is 88.8 Å². The minimum Gasteiger partial charge on any atom is -0.378 e. The Kier molecular flexibility index (Phi) is 31.8. The molecule has 2 atom stereocenters. The van der Waals surface area contributed by atoms with Gasteiger partial charge in [0, 0.05) is 83.5 Å². The third-order valence-electron chi connectivity index (χ3n) is 8.80. The molecule has 0 aromatic heterocycles. The monoisotopic (exact) mass is 887 g/mol. The molecule has 0 aliphatic carbocycles. The van der Waals surface area contributed by atoms with E-state index in [2.05, 4.69) is 31.9 Å². The van der Waals surface area contributed by atoms with Gasteiger partial charge in [-0.25, -0.2) is 0 Å². The van der Waals surface area contributed by atoms with E-state index in [4.69, 9.17) is 30.1 Å². The molecule has 0 spiro atoms. The van der Waals surface area contributed by atoms with E-state index in [-0.39, 0.29) is 126 Å². The lowest BCUT2D eigenvalue weighted by Gasteiger charge is -2.16. The first-order chi connectivity index (χ1) is 29.3. The van der Waals surface area contributed by atoms with E-state index in [1.807, 2.05) is 7.05 Å². The summed E-state index contributed by atoms with van der Waals surface area (Å²) in [5, 5.41) is 23.3. The van der Waals surface area contributed by atoms with Crippen molar-refractivity contribution in [2.24, 2.45) is 5.73 Å². The Bertz CT molecular complexity index is 1380. The summed E-state index contributed by atoms with van der Waals surface area (Å²) >= 11 is 1.41. The number of hydrogen-bond donors (Lipinski definition) is 8. The van der Waals surface area contributed by atoms with Crippen molar-refractivity contribution in [3.05, 3.63) is 0 Å². The summed E-state index contributed by atoms with van der Waals surface area (Å²) < 4.78 is 21.5. The third-order valence-corrected chi connectivity index (χ3v) is 10.1. The molecule has 21 nitrogen and oxygen atoms in total. The Morgan fingerprint density at radius 3 is 1.64 bits per heavy atom. The lowest BCUT2D eigenvalue weighted by atomic mass is 10.1. The van der Waals surface area contributed by atoms with E-state index in [0.29, 0.717) is 70.2 Å². The van der Waals surface area contributed by atoms with Crippen molar-refractivity contribution in [1.29, 1.82) is 5.41 Å². The highest BCUT2D eigenvalue weighted by atomic mass is 32.2. The topological polar surface area (TPSA) is 299 Å². The van der Waals surface area contributed by atoms with Crippen LogP contribution < -0.4 is 37.6 Å². The van der Waals surface area contributed by atoms with Crippen LogP contribution in [-0.4, -0.2) is 174 Å². The second-order valence-corrected chi connectivity index (χ2v) is 15.4. The molecule has 1 fully saturated rings. The molecule has 61 heavy (non-hydrogen) atoms. The van der Waals surface area contributed by atoms with Gasteiger partial charge in [0.2, 0.25) is 47.3 Å². The Balaban J connectivity index is 2.03. The second kappa shape index (κ2) is 35.4. The molecule has 1 aliphatic heterocycles. The molecule has 8 amide bonds. The maximum absolute atomic E-state index is 12.6. The van der Waals surface area contributed by atoms with Gasteiger partial charge >= 0.3 is 0 Å². The molecule has 1 saturated heterocycles. The Hall–Kier alpha value is -4.22. The number of imide groups is 1. The van der Waals surface area contributed by atoms with E-state index in [0.717, 1.165) is 17.9 Å². The Labute approximate surface area is 363 Å². The van der Waals surface area contributed by atoms with Gasteiger partial charge < -0.3 is 62.0 Å². The minimum atomic E-state index is -0.940. The van der Waals surface area contributed by atoms with Gasteiger partial charge in [-0.15, -0.1) is 11.8 Å². The summed E-state index contributed by atoms with van der Waals surface area (Å²) in [5.74, 6) is -2.33. The van der Waals surface area contributed by atoms with Crippen LogP contribution in [0.15, 0.2) is 0 Å². The van der Waals surface area contributed by atoms with E-state index in [9.17, 15) is 38.4 Å². The van der Waals surface area contributed by atoms with Crippen LogP contribution in [0.5, 0.6) is 0 Å². The first-order valence-electron chi connectivity index (χ1n) is 20.9. The van der Waals surface area contributed by atoms with Gasteiger partial charge in [0.05, 0.1) is 58.1 Å². The standard InChI is InChI=1S/C39H69N9O12S/c1-29(40)6-5-27-61-31-28-37(54)48(39(31)56)18-12-35(52)43-13-4-3-7-30(38(41)55)47-36(53)11-10-34(51)46-17-22-60-26-25-59-21-16-45-33(50)9-8-32(49)44-15-20-58-24-23-57-19-14-42-2/h30-31,40,42H,3-28H2,1-2H3,(H2,41,55)(H,43,52)(H,44,49)(H,45,50)(H,46,51)(H,47,53)/t30-,31?/m0/s1. The molecule has 1 heterocycles. The third kappa shape index (κ3) is 29.6. The largest absolute Gasteiger partial charge is 0.378 e. The quantitative estimate of drug-likeness (QED) is 0.0198. The summed E-state index contributed by atoms with van der Waals surface area (Å²) in [6.07, 6.45) is 2.55. The summed E-state index contributed by atoms with van der Waals surface area (Å²) in [6.45, 7) is 6.52. The number of hydrogen-bond acceptors (Lipinski definition) is 15. The van der Waals surface area contributed by atoms with Gasteiger partial charge in [-0.3, -0.25) is 43.3 Å². The van der Waals surface area contributed by atoms with E-state index in [1.165, 1.54) is 11.8 Å². The molecular weight excluding hydrogens is 819 g/mol. The summed E-state index contributed by atoms with van der Waals surface area (Å²) in [6, 6.07) is -0.940. The maximum Gasteiger partial charge on any atom is 0.242 e. The van der Waals surface area contributed by atoms with Crippen molar-refractivity contribution in [2.75, 3.05) is 105 Å². The number of primary amides is 1. The average molecular weight is 888 g/mol. The van der Waals surface area contributed by atoms with Crippen LogP contribution in [0.4, 0.5) is 0 Å². The number of nitrogens with zero attached hydrogens (tertiary/aromatic N) is 1. The normalized spacial score (nSPS) is 14.1. The van der Waals surface area contributed by atoms with Crippen molar-refractivity contribution < 1.29 is 57.3 Å². The molecule has 0 aromatic rings. The second-order valence-electron chi connectivity index (χ2n) is 14.1. The van der Waals surface area contributed by atoms with Crippen LogP contribution in [0, 0.1) is 5.41 Å². The predicted molar refractivity (Wildman–Crippen MR) is 228 cm³/mol. The first-order valence-corrected chi connectivity index (χ1v) is 22.0. The van der Waals surface area contributed by atoms with Gasteiger partial charge in [-0.2, -0.15) is 0 Å². The molecule has 0 saturated carbocycles. The van der Waals surface area contributed by atoms with Crippen LogP contribution in [0.1, 0.15) is 77.6 Å². The fraction of sp³-hybridized carbons (Fsp3) is 0.769. The molecule has 0 radical (unpaired) electrons. The highest BCUT2D eigenvalue weighted by Crippen LogP contribution is 2.26. The number of likely N-dealkylation sites (tertiary alicyclic amines) is 1. The van der Waals surface area contributed by atoms with E-state index >= 15 is 0 Å². The molecular formula is C39H69N9O12S. The fourth-order valence-electron chi connectivity index (χ4n) is 5.46. The number of likely N-dealkylation sites (N-methyl/N-ethyl adjacent to an activating group) is 1.